The van der Waals surface area contributed by atoms with E-state index in [2.05, 4.69) is 15.9 Å². The van der Waals surface area contributed by atoms with E-state index in [4.69, 9.17) is 0 Å². The van der Waals surface area contributed by atoms with Crippen molar-refractivity contribution in [3.05, 3.63) is 34.9 Å². The van der Waals surface area contributed by atoms with Gasteiger partial charge in [-0.25, -0.2) is 0 Å². The van der Waals surface area contributed by atoms with E-state index in [0.29, 0.717) is 0 Å². The molecule has 94 valence electrons. The Balaban J connectivity index is 2.93. The van der Waals surface area contributed by atoms with E-state index in [1.807, 2.05) is 43.9 Å². The van der Waals surface area contributed by atoms with E-state index in [1.54, 1.807) is 0 Å². The van der Waals surface area contributed by atoms with Gasteiger partial charge in [0.15, 0.2) is 0 Å². The number of rotatable bonds is 5. The molecule has 0 bridgehead atoms. The number of carbonyl (C=O) groups is 1. The maximum absolute atomic E-state index is 12.4. The minimum absolute atomic E-state index is 0.157. The Morgan fingerprint density at radius 3 is 2.35 bits per heavy atom. The van der Waals surface area contributed by atoms with E-state index in [0.717, 1.165) is 41.5 Å². The van der Waals surface area contributed by atoms with Crippen molar-refractivity contribution in [3.8, 4) is 0 Å². The number of benzene rings is 1. The molecule has 0 aliphatic heterocycles. The van der Waals surface area contributed by atoms with Crippen molar-refractivity contribution in [2.75, 3.05) is 18.4 Å². The first-order valence-corrected chi connectivity index (χ1v) is 7.15. The van der Waals surface area contributed by atoms with Crippen molar-refractivity contribution >= 4 is 21.8 Å². The number of halogens is 1. The molecule has 0 fully saturated rings. The third-order valence-corrected chi connectivity index (χ3v) is 3.49. The molecule has 0 saturated carbocycles. The highest BCUT2D eigenvalue weighted by Gasteiger charge is 2.17. The Morgan fingerprint density at radius 2 is 1.88 bits per heavy atom. The molecule has 17 heavy (non-hydrogen) atoms. The maximum atomic E-state index is 12.4. The van der Waals surface area contributed by atoms with Gasteiger partial charge < -0.3 is 4.90 Å². The molecule has 0 radical (unpaired) electrons. The van der Waals surface area contributed by atoms with Crippen LogP contribution < -0.4 is 0 Å². The Kier molecular flexibility index (Phi) is 5.69. The minimum Gasteiger partial charge on any atom is -0.339 e. The van der Waals surface area contributed by atoms with E-state index in [1.165, 1.54) is 0 Å². The van der Waals surface area contributed by atoms with Crippen molar-refractivity contribution in [1.29, 1.82) is 0 Å². The molecule has 2 nitrogen and oxygen atoms in total. The van der Waals surface area contributed by atoms with E-state index in [9.17, 15) is 4.79 Å². The normalized spacial score (nSPS) is 10.4. The molecule has 0 aliphatic rings. The van der Waals surface area contributed by atoms with Gasteiger partial charge in [0.2, 0.25) is 0 Å². The lowest BCUT2D eigenvalue weighted by atomic mass is 10.0. The van der Waals surface area contributed by atoms with Crippen LogP contribution in [0.2, 0.25) is 0 Å². The zero-order valence-electron chi connectivity index (χ0n) is 10.8. The number of hydrogen-bond acceptors (Lipinski definition) is 1. The standard InChI is InChI=1S/C14H20BrNO/c1-4-16(10-6-9-15)14(17)13-11(2)7-5-8-12(13)3/h5,7-8H,4,6,9-10H2,1-3H3. The third-order valence-electron chi connectivity index (χ3n) is 2.93. The molecular formula is C14H20BrNO. The fourth-order valence-electron chi connectivity index (χ4n) is 1.96. The first kappa shape index (κ1) is 14.2. The van der Waals surface area contributed by atoms with Gasteiger partial charge in [0.05, 0.1) is 0 Å². The molecule has 0 spiro atoms. The fraction of sp³-hybridized carbons (Fsp3) is 0.500. The summed E-state index contributed by atoms with van der Waals surface area (Å²) in [4.78, 5) is 14.3. The first-order chi connectivity index (χ1) is 8.11. The first-order valence-electron chi connectivity index (χ1n) is 6.03. The van der Waals surface area contributed by atoms with Gasteiger partial charge in [-0.15, -0.1) is 0 Å². The van der Waals surface area contributed by atoms with Gasteiger partial charge >= 0.3 is 0 Å². The van der Waals surface area contributed by atoms with Crippen molar-refractivity contribution in [2.24, 2.45) is 0 Å². The van der Waals surface area contributed by atoms with Crippen LogP contribution in [0.15, 0.2) is 18.2 Å². The largest absolute Gasteiger partial charge is 0.339 e. The fourth-order valence-corrected chi connectivity index (χ4v) is 2.21. The van der Waals surface area contributed by atoms with Crippen LogP contribution in [0.4, 0.5) is 0 Å². The molecule has 1 aromatic rings. The van der Waals surface area contributed by atoms with Crippen LogP contribution in [0.25, 0.3) is 0 Å². The van der Waals surface area contributed by atoms with Crippen LogP contribution in [0, 0.1) is 13.8 Å². The van der Waals surface area contributed by atoms with Crippen LogP contribution in [-0.4, -0.2) is 29.2 Å². The molecule has 1 rings (SSSR count). The molecule has 3 heteroatoms. The van der Waals surface area contributed by atoms with Crippen molar-refractivity contribution < 1.29 is 4.79 Å². The number of hydrogen-bond donors (Lipinski definition) is 0. The highest BCUT2D eigenvalue weighted by Crippen LogP contribution is 2.16. The SMILES string of the molecule is CCN(CCCBr)C(=O)c1c(C)cccc1C. The van der Waals surface area contributed by atoms with E-state index in [-0.39, 0.29) is 5.91 Å². The monoisotopic (exact) mass is 297 g/mol. The summed E-state index contributed by atoms with van der Waals surface area (Å²) in [6.07, 6.45) is 0.991. The number of aryl methyl sites for hydroxylation is 2. The summed E-state index contributed by atoms with van der Waals surface area (Å²) < 4.78 is 0. The molecule has 0 aromatic heterocycles. The van der Waals surface area contributed by atoms with Crippen LogP contribution in [0.5, 0.6) is 0 Å². The van der Waals surface area contributed by atoms with Gasteiger partial charge in [-0.1, -0.05) is 34.1 Å². The summed E-state index contributed by atoms with van der Waals surface area (Å²) in [6, 6.07) is 5.99. The molecule has 1 amide bonds. The maximum Gasteiger partial charge on any atom is 0.254 e. The second-order valence-corrected chi connectivity index (χ2v) is 4.99. The van der Waals surface area contributed by atoms with Crippen LogP contribution in [-0.2, 0) is 0 Å². The van der Waals surface area contributed by atoms with Crippen molar-refractivity contribution in [1.82, 2.24) is 4.90 Å². The highest BCUT2D eigenvalue weighted by molar-refractivity contribution is 9.09. The van der Waals surface area contributed by atoms with Crippen LogP contribution in [0.1, 0.15) is 34.8 Å². The second-order valence-electron chi connectivity index (χ2n) is 4.19. The summed E-state index contributed by atoms with van der Waals surface area (Å²) >= 11 is 3.40. The zero-order valence-corrected chi connectivity index (χ0v) is 12.4. The van der Waals surface area contributed by atoms with Gasteiger partial charge in [0.25, 0.3) is 5.91 Å². The number of nitrogens with zero attached hydrogens (tertiary/aromatic N) is 1. The summed E-state index contributed by atoms with van der Waals surface area (Å²) in [5, 5.41) is 0.934. The lowest BCUT2D eigenvalue weighted by molar-refractivity contribution is 0.0763. The minimum atomic E-state index is 0.157. The van der Waals surface area contributed by atoms with Gasteiger partial charge in [-0.3, -0.25) is 4.79 Å². The quantitative estimate of drug-likeness (QED) is 0.761. The topological polar surface area (TPSA) is 20.3 Å². The second kappa shape index (κ2) is 6.80. The van der Waals surface area contributed by atoms with Crippen molar-refractivity contribution in [3.63, 3.8) is 0 Å². The predicted octanol–water partition coefficient (Wildman–Crippen LogP) is 3.55. The van der Waals surface area contributed by atoms with E-state index < -0.39 is 0 Å². The molecular weight excluding hydrogens is 278 g/mol. The van der Waals surface area contributed by atoms with Gasteiger partial charge in [0.1, 0.15) is 0 Å². The third kappa shape index (κ3) is 3.56. The summed E-state index contributed by atoms with van der Waals surface area (Å²) in [5.41, 5.74) is 2.99. The van der Waals surface area contributed by atoms with Crippen LogP contribution in [0.3, 0.4) is 0 Å². The summed E-state index contributed by atoms with van der Waals surface area (Å²) in [6.45, 7) is 7.60. The molecule has 0 saturated heterocycles. The molecule has 0 atom stereocenters. The Hall–Kier alpha value is -0.830. The molecule has 0 unspecified atom stereocenters. The Morgan fingerprint density at radius 1 is 1.29 bits per heavy atom. The molecule has 0 heterocycles. The summed E-state index contributed by atoms with van der Waals surface area (Å²) in [7, 11) is 0. The lowest BCUT2D eigenvalue weighted by Crippen LogP contribution is -2.33. The van der Waals surface area contributed by atoms with Gasteiger partial charge in [0, 0.05) is 24.0 Å². The van der Waals surface area contributed by atoms with E-state index >= 15 is 0 Å². The van der Waals surface area contributed by atoms with Gasteiger partial charge in [-0.2, -0.15) is 0 Å². The number of amides is 1. The predicted molar refractivity (Wildman–Crippen MR) is 75.9 cm³/mol. The Bertz CT molecular complexity index is 370. The molecule has 1 aromatic carbocycles. The van der Waals surface area contributed by atoms with Crippen molar-refractivity contribution in [2.45, 2.75) is 27.2 Å². The molecule has 0 N–H and O–H groups in total. The Labute approximate surface area is 112 Å². The average molecular weight is 298 g/mol. The summed E-state index contributed by atoms with van der Waals surface area (Å²) in [5.74, 6) is 0.157. The molecule has 0 aliphatic carbocycles. The smallest absolute Gasteiger partial charge is 0.254 e. The number of alkyl halides is 1. The van der Waals surface area contributed by atoms with Crippen LogP contribution >= 0.6 is 15.9 Å². The number of carbonyl (C=O) groups excluding carboxylic acids is 1. The average Bonchev–Trinajstić information content (AvgIpc) is 2.30. The highest BCUT2D eigenvalue weighted by atomic mass is 79.9. The van der Waals surface area contributed by atoms with Gasteiger partial charge in [-0.05, 0) is 38.3 Å². The lowest BCUT2D eigenvalue weighted by Gasteiger charge is -2.22. The zero-order chi connectivity index (χ0) is 12.8.